The monoisotopic (exact) mass is 353 g/mol. The number of carbonyl (C=O) groups excluding carboxylic acids is 1. The van der Waals surface area contributed by atoms with Crippen LogP contribution < -0.4 is 15.4 Å². The van der Waals surface area contributed by atoms with Crippen LogP contribution >= 0.6 is 0 Å². The van der Waals surface area contributed by atoms with Gasteiger partial charge in [0.15, 0.2) is 6.61 Å². The summed E-state index contributed by atoms with van der Waals surface area (Å²) in [5.41, 5.74) is 1.86. The molecule has 25 heavy (non-hydrogen) atoms. The van der Waals surface area contributed by atoms with Crippen molar-refractivity contribution in [2.45, 2.75) is 19.6 Å². The number of ether oxygens (including phenoxy) is 1. The van der Waals surface area contributed by atoms with E-state index < -0.39 is 18.7 Å². The maximum absolute atomic E-state index is 12.2. The Hall–Kier alpha value is -2.61. The zero-order chi connectivity index (χ0) is 18.3. The van der Waals surface area contributed by atoms with Crippen LogP contribution in [0.3, 0.4) is 0 Å². The maximum Gasteiger partial charge on any atom is 0.422 e. The van der Waals surface area contributed by atoms with Gasteiger partial charge >= 0.3 is 6.18 Å². The minimum Gasteiger partial charge on any atom is -0.468 e. The van der Waals surface area contributed by atoms with Crippen molar-refractivity contribution in [2.24, 2.45) is 0 Å². The van der Waals surface area contributed by atoms with E-state index in [-0.39, 0.29) is 11.4 Å². The quantitative estimate of drug-likeness (QED) is 0.801. The van der Waals surface area contributed by atoms with Crippen LogP contribution in [0.1, 0.15) is 22.8 Å². The Kier molecular flexibility index (Phi) is 6.35. The molecule has 8 heteroatoms. The van der Waals surface area contributed by atoms with Crippen LogP contribution in [0.15, 0.2) is 42.6 Å². The first-order valence-electron chi connectivity index (χ1n) is 7.64. The largest absolute Gasteiger partial charge is 0.468 e. The lowest BCUT2D eigenvalue weighted by Crippen LogP contribution is -2.19. The molecule has 0 bridgehead atoms. The minimum absolute atomic E-state index is 0.193. The van der Waals surface area contributed by atoms with E-state index in [0.29, 0.717) is 12.2 Å². The van der Waals surface area contributed by atoms with Crippen LogP contribution in [0.4, 0.5) is 18.9 Å². The van der Waals surface area contributed by atoms with Gasteiger partial charge in [-0.2, -0.15) is 13.2 Å². The van der Waals surface area contributed by atoms with Gasteiger partial charge in [0.25, 0.3) is 5.91 Å². The van der Waals surface area contributed by atoms with Crippen molar-refractivity contribution in [1.82, 2.24) is 10.3 Å². The molecule has 0 fully saturated rings. The van der Waals surface area contributed by atoms with Crippen molar-refractivity contribution in [3.8, 4) is 5.88 Å². The molecule has 1 amide bonds. The number of pyridine rings is 1. The average Bonchev–Trinajstić information content (AvgIpc) is 2.58. The summed E-state index contributed by atoms with van der Waals surface area (Å²) in [5, 5.41) is 5.91. The number of nitrogens with zero attached hydrogens (tertiary/aromatic N) is 1. The fraction of sp³-hybridized carbons (Fsp3) is 0.294. The zero-order valence-corrected chi connectivity index (χ0v) is 13.6. The molecule has 0 atom stereocenters. The molecule has 0 spiro atoms. The number of alkyl halides is 3. The Labute approximate surface area is 143 Å². The zero-order valence-electron chi connectivity index (χ0n) is 13.6. The van der Waals surface area contributed by atoms with E-state index in [4.69, 9.17) is 0 Å². The fourth-order valence-corrected chi connectivity index (χ4v) is 1.99. The summed E-state index contributed by atoms with van der Waals surface area (Å²) in [6.45, 7) is 2.10. The van der Waals surface area contributed by atoms with Crippen LogP contribution in [0.25, 0.3) is 0 Å². The van der Waals surface area contributed by atoms with Crippen molar-refractivity contribution in [3.63, 3.8) is 0 Å². The van der Waals surface area contributed by atoms with Gasteiger partial charge in [-0.1, -0.05) is 19.1 Å². The predicted octanol–water partition coefficient (Wildman–Crippen LogP) is 3.38. The number of benzene rings is 1. The normalized spacial score (nSPS) is 11.2. The standard InChI is InChI=1S/C17H18F3N3O2/c1-2-21-9-12-4-3-5-14(8-12)23-16(24)13-6-7-15(22-10-13)25-11-17(18,19)20/h3-8,10,21H,2,9,11H2,1H3,(H,23,24). The highest BCUT2D eigenvalue weighted by Crippen LogP contribution is 2.17. The second-order valence-corrected chi connectivity index (χ2v) is 5.22. The van der Waals surface area contributed by atoms with E-state index in [9.17, 15) is 18.0 Å². The molecule has 1 heterocycles. The first kappa shape index (κ1) is 18.7. The molecule has 2 aromatic rings. The number of halogens is 3. The third kappa shape index (κ3) is 6.42. The van der Waals surface area contributed by atoms with Crippen LogP contribution in [0.5, 0.6) is 5.88 Å². The molecule has 1 aromatic carbocycles. The molecule has 0 aliphatic carbocycles. The highest BCUT2D eigenvalue weighted by Gasteiger charge is 2.28. The second-order valence-electron chi connectivity index (χ2n) is 5.22. The Morgan fingerprint density at radius 3 is 2.68 bits per heavy atom. The summed E-state index contributed by atoms with van der Waals surface area (Å²) in [4.78, 5) is 15.9. The third-order valence-electron chi connectivity index (χ3n) is 3.15. The number of carbonyl (C=O) groups is 1. The van der Waals surface area contributed by atoms with E-state index in [2.05, 4.69) is 20.4 Å². The molecule has 0 aliphatic rings. The van der Waals surface area contributed by atoms with E-state index in [1.807, 2.05) is 25.1 Å². The molecule has 0 saturated carbocycles. The molecule has 5 nitrogen and oxygen atoms in total. The summed E-state index contributed by atoms with van der Waals surface area (Å²) in [7, 11) is 0. The molecular formula is C17H18F3N3O2. The lowest BCUT2D eigenvalue weighted by Gasteiger charge is -2.09. The first-order valence-corrected chi connectivity index (χ1v) is 7.64. The summed E-state index contributed by atoms with van der Waals surface area (Å²) in [5.74, 6) is -0.600. The Morgan fingerprint density at radius 1 is 1.24 bits per heavy atom. The molecule has 1 aromatic heterocycles. The number of anilines is 1. The first-order chi connectivity index (χ1) is 11.9. The highest BCUT2D eigenvalue weighted by molar-refractivity contribution is 6.04. The number of rotatable bonds is 7. The third-order valence-corrected chi connectivity index (χ3v) is 3.15. The molecule has 0 aliphatic heterocycles. The Morgan fingerprint density at radius 2 is 2.04 bits per heavy atom. The fourth-order valence-electron chi connectivity index (χ4n) is 1.99. The van der Waals surface area contributed by atoms with E-state index >= 15 is 0 Å². The average molecular weight is 353 g/mol. The molecule has 2 N–H and O–H groups in total. The van der Waals surface area contributed by atoms with Crippen molar-refractivity contribution in [2.75, 3.05) is 18.5 Å². The summed E-state index contributed by atoms with van der Waals surface area (Å²) < 4.78 is 40.7. The van der Waals surface area contributed by atoms with Crippen LogP contribution in [-0.4, -0.2) is 30.2 Å². The summed E-state index contributed by atoms with van der Waals surface area (Å²) in [6, 6.07) is 9.94. The summed E-state index contributed by atoms with van der Waals surface area (Å²) >= 11 is 0. The molecule has 0 unspecified atom stereocenters. The lowest BCUT2D eigenvalue weighted by molar-refractivity contribution is -0.154. The van der Waals surface area contributed by atoms with Crippen molar-refractivity contribution in [1.29, 1.82) is 0 Å². The maximum atomic E-state index is 12.2. The number of hydrogen-bond acceptors (Lipinski definition) is 4. The predicted molar refractivity (Wildman–Crippen MR) is 87.6 cm³/mol. The SMILES string of the molecule is CCNCc1cccc(NC(=O)c2ccc(OCC(F)(F)F)nc2)c1. The van der Waals surface area contributed by atoms with Gasteiger partial charge in [0.1, 0.15) is 0 Å². The van der Waals surface area contributed by atoms with Crippen molar-refractivity contribution < 1.29 is 22.7 Å². The Bertz CT molecular complexity index is 703. The van der Waals surface area contributed by atoms with Crippen molar-refractivity contribution >= 4 is 11.6 Å². The number of nitrogens with one attached hydrogen (secondary N) is 2. The molecular weight excluding hydrogens is 335 g/mol. The van der Waals surface area contributed by atoms with Gasteiger partial charge in [-0.3, -0.25) is 4.79 Å². The van der Waals surface area contributed by atoms with E-state index in [1.54, 1.807) is 6.07 Å². The van der Waals surface area contributed by atoms with Gasteiger partial charge in [-0.15, -0.1) is 0 Å². The van der Waals surface area contributed by atoms with Gasteiger partial charge < -0.3 is 15.4 Å². The van der Waals surface area contributed by atoms with Crippen LogP contribution in [0.2, 0.25) is 0 Å². The number of aromatic nitrogens is 1. The van der Waals surface area contributed by atoms with E-state index in [1.165, 1.54) is 18.3 Å². The number of hydrogen-bond donors (Lipinski definition) is 2. The highest BCUT2D eigenvalue weighted by atomic mass is 19.4. The van der Waals surface area contributed by atoms with Gasteiger partial charge in [0.05, 0.1) is 5.56 Å². The van der Waals surface area contributed by atoms with Crippen molar-refractivity contribution in [3.05, 3.63) is 53.7 Å². The van der Waals surface area contributed by atoms with Gasteiger partial charge in [-0.25, -0.2) is 4.98 Å². The molecule has 0 saturated heterocycles. The van der Waals surface area contributed by atoms with Gasteiger partial charge in [-0.05, 0) is 30.3 Å². The second kappa shape index (κ2) is 8.48. The minimum atomic E-state index is -4.44. The number of amides is 1. The van der Waals surface area contributed by atoms with Crippen LogP contribution in [-0.2, 0) is 6.54 Å². The smallest absolute Gasteiger partial charge is 0.422 e. The molecule has 0 radical (unpaired) electrons. The van der Waals surface area contributed by atoms with Gasteiger partial charge in [0.2, 0.25) is 5.88 Å². The van der Waals surface area contributed by atoms with Gasteiger partial charge in [0, 0.05) is 24.5 Å². The molecule has 134 valence electrons. The molecule has 2 rings (SSSR count). The lowest BCUT2D eigenvalue weighted by atomic mass is 10.2. The Balaban J connectivity index is 1.96. The summed E-state index contributed by atoms with van der Waals surface area (Å²) in [6.07, 6.45) is -3.26. The van der Waals surface area contributed by atoms with Crippen LogP contribution in [0, 0.1) is 0 Å². The topological polar surface area (TPSA) is 63.2 Å². The van der Waals surface area contributed by atoms with E-state index in [0.717, 1.165) is 12.1 Å².